The van der Waals surface area contributed by atoms with Gasteiger partial charge in [-0.1, -0.05) is 12.1 Å². The number of amides is 1. The molecule has 9 heteroatoms. The molecule has 184 valence electrons. The molecule has 2 atom stereocenters. The monoisotopic (exact) mass is 487 g/mol. The van der Waals surface area contributed by atoms with Crippen LogP contribution in [0.1, 0.15) is 29.8 Å². The molecule has 0 aliphatic carbocycles. The van der Waals surface area contributed by atoms with E-state index in [0.717, 1.165) is 37.6 Å². The normalized spacial score (nSPS) is 21.9. The fourth-order valence-electron chi connectivity index (χ4n) is 4.45. The van der Waals surface area contributed by atoms with Crippen LogP contribution in [0.5, 0.6) is 0 Å². The lowest BCUT2D eigenvalue weighted by Crippen LogP contribution is -2.48. The van der Waals surface area contributed by atoms with E-state index in [1.54, 1.807) is 24.1 Å². The molecule has 0 saturated carbocycles. The first kappa shape index (κ1) is 24.7. The second-order valence-electron chi connectivity index (χ2n) is 9.03. The van der Waals surface area contributed by atoms with Crippen molar-refractivity contribution in [2.45, 2.75) is 37.5 Å². The third-order valence-corrected chi connectivity index (χ3v) is 8.05. The largest absolute Gasteiger partial charge is 0.378 e. The zero-order valence-electron chi connectivity index (χ0n) is 20.0. The van der Waals surface area contributed by atoms with Crippen LogP contribution in [-0.4, -0.2) is 82.2 Å². The highest BCUT2D eigenvalue weighted by molar-refractivity contribution is 7.89. The number of nitrogens with zero attached hydrogens (tertiary/aromatic N) is 3. The minimum Gasteiger partial charge on any atom is -0.378 e. The Morgan fingerprint density at radius 1 is 0.971 bits per heavy atom. The molecule has 8 nitrogen and oxygen atoms in total. The van der Waals surface area contributed by atoms with Gasteiger partial charge in [-0.2, -0.15) is 4.31 Å². The maximum atomic E-state index is 13.0. The average molecular weight is 488 g/mol. The van der Waals surface area contributed by atoms with Crippen LogP contribution in [0.3, 0.4) is 0 Å². The first-order chi connectivity index (χ1) is 16.2. The zero-order valence-corrected chi connectivity index (χ0v) is 20.8. The Hall–Kier alpha value is -2.46. The molecular formula is C25H33N3O5S. The third-order valence-electron chi connectivity index (χ3n) is 6.20. The first-order valence-corrected chi connectivity index (χ1v) is 13.1. The summed E-state index contributed by atoms with van der Waals surface area (Å²) >= 11 is 0. The van der Waals surface area contributed by atoms with Gasteiger partial charge in [-0.3, -0.25) is 4.79 Å². The van der Waals surface area contributed by atoms with Crippen molar-refractivity contribution in [1.82, 2.24) is 9.21 Å². The maximum Gasteiger partial charge on any atom is 0.253 e. The minimum atomic E-state index is -3.64. The summed E-state index contributed by atoms with van der Waals surface area (Å²) in [6, 6.07) is 14.4. The van der Waals surface area contributed by atoms with Gasteiger partial charge in [0.05, 0.1) is 30.3 Å². The SMILES string of the molecule is C[C@@H]1CN(S(=O)(=O)c2ccc(C(=O)N(C)Cc3ccc(N4CCOCC4)cc3)cc2)C[C@H](C)O1. The predicted octanol–water partition coefficient (Wildman–Crippen LogP) is 2.59. The molecule has 2 saturated heterocycles. The number of carbonyl (C=O) groups is 1. The van der Waals surface area contributed by atoms with Crippen molar-refractivity contribution in [3.63, 3.8) is 0 Å². The molecule has 1 amide bonds. The number of sulfonamides is 1. The number of rotatable bonds is 6. The highest BCUT2D eigenvalue weighted by Gasteiger charge is 2.32. The van der Waals surface area contributed by atoms with Gasteiger partial charge >= 0.3 is 0 Å². The van der Waals surface area contributed by atoms with Crippen molar-refractivity contribution in [3.8, 4) is 0 Å². The Bertz CT molecular complexity index is 1070. The van der Waals surface area contributed by atoms with Gasteiger partial charge in [-0.05, 0) is 55.8 Å². The Kier molecular flexibility index (Phi) is 7.57. The van der Waals surface area contributed by atoms with Gasteiger partial charge in [0.2, 0.25) is 10.0 Å². The van der Waals surface area contributed by atoms with Gasteiger partial charge in [0, 0.05) is 51.0 Å². The molecule has 0 bridgehead atoms. The summed E-state index contributed by atoms with van der Waals surface area (Å²) in [5, 5.41) is 0. The summed E-state index contributed by atoms with van der Waals surface area (Å²) in [4.78, 5) is 17.1. The molecule has 34 heavy (non-hydrogen) atoms. The fraction of sp³-hybridized carbons (Fsp3) is 0.480. The number of carbonyl (C=O) groups excluding carboxylic acids is 1. The van der Waals surface area contributed by atoms with E-state index in [4.69, 9.17) is 9.47 Å². The first-order valence-electron chi connectivity index (χ1n) is 11.7. The Labute approximate surface area is 202 Å². The van der Waals surface area contributed by atoms with Gasteiger partial charge in [0.1, 0.15) is 0 Å². The van der Waals surface area contributed by atoms with Crippen LogP contribution >= 0.6 is 0 Å². The van der Waals surface area contributed by atoms with E-state index in [-0.39, 0.29) is 23.0 Å². The van der Waals surface area contributed by atoms with E-state index in [9.17, 15) is 13.2 Å². The number of morpholine rings is 2. The van der Waals surface area contributed by atoms with Gasteiger partial charge in [-0.25, -0.2) is 8.42 Å². The van der Waals surface area contributed by atoms with Crippen LogP contribution in [-0.2, 0) is 26.0 Å². The number of ether oxygens (including phenoxy) is 2. The average Bonchev–Trinajstić information content (AvgIpc) is 2.84. The molecule has 4 rings (SSSR count). The van der Waals surface area contributed by atoms with Crippen molar-refractivity contribution in [1.29, 1.82) is 0 Å². The molecule has 0 radical (unpaired) electrons. The summed E-state index contributed by atoms with van der Waals surface area (Å²) in [7, 11) is -1.89. The molecule has 2 aliphatic heterocycles. The molecule has 0 N–H and O–H groups in total. The predicted molar refractivity (Wildman–Crippen MR) is 130 cm³/mol. The lowest BCUT2D eigenvalue weighted by Gasteiger charge is -2.34. The summed E-state index contributed by atoms with van der Waals surface area (Å²) in [6.45, 7) is 8.08. The van der Waals surface area contributed by atoms with Crippen LogP contribution in [0, 0.1) is 0 Å². The smallest absolute Gasteiger partial charge is 0.253 e. The van der Waals surface area contributed by atoms with E-state index in [2.05, 4.69) is 17.0 Å². The van der Waals surface area contributed by atoms with Gasteiger partial charge in [-0.15, -0.1) is 0 Å². The minimum absolute atomic E-state index is 0.157. The van der Waals surface area contributed by atoms with Gasteiger partial charge in [0.15, 0.2) is 0 Å². The fourth-order valence-corrected chi connectivity index (χ4v) is 6.04. The summed E-state index contributed by atoms with van der Waals surface area (Å²) in [5.74, 6) is -0.158. The van der Waals surface area contributed by atoms with Crippen molar-refractivity contribution < 1.29 is 22.7 Å². The summed E-state index contributed by atoms with van der Waals surface area (Å²) in [6.07, 6.45) is -0.313. The van der Waals surface area contributed by atoms with Gasteiger partial charge in [0.25, 0.3) is 5.91 Å². The third kappa shape index (κ3) is 5.60. The van der Waals surface area contributed by atoms with Crippen molar-refractivity contribution >= 4 is 21.6 Å². The lowest BCUT2D eigenvalue weighted by molar-refractivity contribution is -0.0440. The van der Waals surface area contributed by atoms with Crippen molar-refractivity contribution in [2.75, 3.05) is 51.3 Å². The number of benzene rings is 2. The molecule has 0 aromatic heterocycles. The standard InChI is InChI=1S/C25H33N3O5S/c1-19-16-28(17-20(2)33-19)34(30,31)24-10-6-22(7-11-24)25(29)26(3)18-21-4-8-23(9-5-21)27-12-14-32-15-13-27/h4-11,19-20H,12-18H2,1-3H3/t19-,20+. The topological polar surface area (TPSA) is 79.4 Å². The van der Waals surface area contributed by atoms with Gasteiger partial charge < -0.3 is 19.3 Å². The number of anilines is 1. The summed E-state index contributed by atoms with van der Waals surface area (Å²) in [5.41, 5.74) is 2.64. The summed E-state index contributed by atoms with van der Waals surface area (Å²) < 4.78 is 38.6. The highest BCUT2D eigenvalue weighted by atomic mass is 32.2. The van der Waals surface area contributed by atoms with Crippen LogP contribution in [0.25, 0.3) is 0 Å². The second kappa shape index (κ2) is 10.4. The molecule has 2 aliphatic rings. The molecule has 0 spiro atoms. The van der Waals surface area contributed by atoms with Crippen LogP contribution < -0.4 is 4.90 Å². The van der Waals surface area contributed by atoms with E-state index in [1.807, 2.05) is 26.0 Å². The molecule has 2 fully saturated rings. The van der Waals surface area contributed by atoms with Crippen LogP contribution in [0.15, 0.2) is 53.4 Å². The van der Waals surface area contributed by atoms with Crippen LogP contribution in [0.2, 0.25) is 0 Å². The molecule has 2 aromatic carbocycles. The van der Waals surface area contributed by atoms with E-state index < -0.39 is 10.0 Å². The zero-order chi connectivity index (χ0) is 24.3. The molecular weight excluding hydrogens is 454 g/mol. The Morgan fingerprint density at radius 2 is 1.56 bits per heavy atom. The second-order valence-corrected chi connectivity index (χ2v) is 11.0. The van der Waals surface area contributed by atoms with Crippen molar-refractivity contribution in [2.24, 2.45) is 0 Å². The van der Waals surface area contributed by atoms with E-state index in [1.165, 1.54) is 16.4 Å². The lowest BCUT2D eigenvalue weighted by atomic mass is 10.1. The molecule has 0 unspecified atom stereocenters. The van der Waals surface area contributed by atoms with E-state index in [0.29, 0.717) is 25.2 Å². The molecule has 2 aromatic rings. The maximum absolute atomic E-state index is 13.0. The Balaban J connectivity index is 1.39. The van der Waals surface area contributed by atoms with E-state index >= 15 is 0 Å². The number of hydrogen-bond donors (Lipinski definition) is 0. The number of hydrogen-bond acceptors (Lipinski definition) is 6. The quantitative estimate of drug-likeness (QED) is 0.623. The van der Waals surface area contributed by atoms with Crippen molar-refractivity contribution in [3.05, 3.63) is 59.7 Å². The molecule has 2 heterocycles. The van der Waals surface area contributed by atoms with Crippen LogP contribution in [0.4, 0.5) is 5.69 Å². The highest BCUT2D eigenvalue weighted by Crippen LogP contribution is 2.22. The Morgan fingerprint density at radius 3 is 2.15 bits per heavy atom.